The van der Waals surface area contributed by atoms with Crippen LogP contribution in [0, 0.1) is 11.3 Å². The van der Waals surface area contributed by atoms with E-state index in [0.29, 0.717) is 12.5 Å². The number of nitrogens with one attached hydrogen (secondary N) is 2. The van der Waals surface area contributed by atoms with E-state index < -0.39 is 5.60 Å². The number of hydrogen-bond acceptors (Lipinski definition) is 4. The summed E-state index contributed by atoms with van der Waals surface area (Å²) < 4.78 is 10.8. The van der Waals surface area contributed by atoms with Crippen LogP contribution >= 0.6 is 0 Å². The molecular formula is C15H28N2O3. The highest BCUT2D eigenvalue weighted by molar-refractivity contribution is 5.67. The third kappa shape index (κ3) is 4.09. The van der Waals surface area contributed by atoms with Crippen LogP contribution < -0.4 is 10.6 Å². The standard InChI is InChI=1S/C15H28N2O3/c1-14(2,3)20-13(18)17-11-15(6-7-16-10-15)12-4-8-19-9-5-12/h12,16H,4-11H2,1-3H3,(H,17,18). The van der Waals surface area contributed by atoms with Crippen molar-refractivity contribution < 1.29 is 14.3 Å². The van der Waals surface area contributed by atoms with Gasteiger partial charge in [-0.25, -0.2) is 4.79 Å². The zero-order valence-electron chi connectivity index (χ0n) is 13.0. The topological polar surface area (TPSA) is 59.6 Å². The lowest BCUT2D eigenvalue weighted by Gasteiger charge is -2.39. The summed E-state index contributed by atoms with van der Waals surface area (Å²) >= 11 is 0. The largest absolute Gasteiger partial charge is 0.444 e. The van der Waals surface area contributed by atoms with Crippen molar-refractivity contribution >= 4 is 6.09 Å². The maximum Gasteiger partial charge on any atom is 0.407 e. The minimum Gasteiger partial charge on any atom is -0.444 e. The van der Waals surface area contributed by atoms with Crippen molar-refractivity contribution in [1.29, 1.82) is 0 Å². The quantitative estimate of drug-likeness (QED) is 0.831. The van der Waals surface area contributed by atoms with Gasteiger partial charge in [0.15, 0.2) is 0 Å². The van der Waals surface area contributed by atoms with Crippen LogP contribution in [0.1, 0.15) is 40.0 Å². The molecule has 1 amide bonds. The number of alkyl carbamates (subject to hydrolysis) is 1. The van der Waals surface area contributed by atoms with Gasteiger partial charge in [0.25, 0.3) is 0 Å². The molecule has 5 nitrogen and oxygen atoms in total. The van der Waals surface area contributed by atoms with Gasteiger partial charge >= 0.3 is 6.09 Å². The van der Waals surface area contributed by atoms with Gasteiger partial charge in [-0.15, -0.1) is 0 Å². The molecule has 1 unspecified atom stereocenters. The molecule has 1 atom stereocenters. The average Bonchev–Trinajstić information content (AvgIpc) is 2.85. The fraction of sp³-hybridized carbons (Fsp3) is 0.933. The van der Waals surface area contributed by atoms with Gasteiger partial charge in [0.05, 0.1) is 0 Å². The lowest BCUT2D eigenvalue weighted by atomic mass is 9.71. The van der Waals surface area contributed by atoms with Gasteiger partial charge in [-0.05, 0) is 52.5 Å². The molecule has 0 bridgehead atoms. The number of carbonyl (C=O) groups is 1. The molecule has 2 heterocycles. The Labute approximate surface area is 121 Å². The zero-order valence-corrected chi connectivity index (χ0v) is 13.0. The first-order valence-electron chi connectivity index (χ1n) is 7.67. The van der Waals surface area contributed by atoms with E-state index >= 15 is 0 Å². The molecule has 0 aromatic heterocycles. The highest BCUT2D eigenvalue weighted by Gasteiger charge is 2.42. The second kappa shape index (κ2) is 6.31. The normalized spacial score (nSPS) is 28.4. The van der Waals surface area contributed by atoms with Gasteiger partial charge in [0.2, 0.25) is 0 Å². The summed E-state index contributed by atoms with van der Waals surface area (Å²) in [5, 5.41) is 6.43. The van der Waals surface area contributed by atoms with Crippen molar-refractivity contribution in [3.05, 3.63) is 0 Å². The number of hydrogen-bond donors (Lipinski definition) is 2. The van der Waals surface area contributed by atoms with Crippen LogP contribution in [0.15, 0.2) is 0 Å². The Morgan fingerprint density at radius 2 is 2.10 bits per heavy atom. The average molecular weight is 284 g/mol. The Balaban J connectivity index is 1.90. The monoisotopic (exact) mass is 284 g/mol. The molecule has 2 saturated heterocycles. The second-order valence-electron chi connectivity index (χ2n) is 7.03. The Kier molecular flexibility index (Phi) is 4.91. The van der Waals surface area contributed by atoms with Gasteiger partial charge in [-0.3, -0.25) is 0 Å². The molecule has 0 spiro atoms. The zero-order chi connectivity index (χ0) is 14.6. The van der Waals surface area contributed by atoms with Crippen LogP contribution in [0.2, 0.25) is 0 Å². The van der Waals surface area contributed by atoms with Crippen LogP contribution in [0.5, 0.6) is 0 Å². The predicted octanol–water partition coefficient (Wildman–Crippen LogP) is 1.92. The number of ether oxygens (including phenoxy) is 2. The fourth-order valence-corrected chi connectivity index (χ4v) is 3.28. The maximum absolute atomic E-state index is 11.9. The summed E-state index contributed by atoms with van der Waals surface area (Å²) in [6.07, 6.45) is 3.00. The molecular weight excluding hydrogens is 256 g/mol. The Morgan fingerprint density at radius 1 is 1.40 bits per heavy atom. The van der Waals surface area contributed by atoms with Crippen LogP contribution in [-0.4, -0.2) is 44.5 Å². The first-order chi connectivity index (χ1) is 9.41. The van der Waals surface area contributed by atoms with Crippen molar-refractivity contribution in [2.45, 2.75) is 45.6 Å². The van der Waals surface area contributed by atoms with E-state index in [-0.39, 0.29) is 11.5 Å². The van der Waals surface area contributed by atoms with Gasteiger partial charge < -0.3 is 20.1 Å². The van der Waals surface area contributed by atoms with Gasteiger partial charge in [-0.2, -0.15) is 0 Å². The SMILES string of the molecule is CC(C)(C)OC(=O)NCC1(C2CCOCC2)CCNC1. The van der Waals surface area contributed by atoms with Crippen LogP contribution in [0.4, 0.5) is 4.79 Å². The number of carbonyl (C=O) groups excluding carboxylic acids is 1. The second-order valence-corrected chi connectivity index (χ2v) is 7.03. The molecule has 0 aliphatic carbocycles. The highest BCUT2D eigenvalue weighted by atomic mass is 16.6. The summed E-state index contributed by atoms with van der Waals surface area (Å²) in [4.78, 5) is 11.9. The van der Waals surface area contributed by atoms with Gasteiger partial charge in [-0.1, -0.05) is 0 Å². The lowest BCUT2D eigenvalue weighted by molar-refractivity contribution is 0.0129. The molecule has 2 fully saturated rings. The minimum atomic E-state index is -0.441. The molecule has 2 aliphatic heterocycles. The third-order valence-electron chi connectivity index (χ3n) is 4.35. The van der Waals surface area contributed by atoms with E-state index in [2.05, 4.69) is 10.6 Å². The van der Waals surface area contributed by atoms with E-state index in [1.54, 1.807) is 0 Å². The van der Waals surface area contributed by atoms with Crippen LogP contribution in [0.25, 0.3) is 0 Å². The third-order valence-corrected chi connectivity index (χ3v) is 4.35. The van der Waals surface area contributed by atoms with E-state index in [4.69, 9.17) is 9.47 Å². The summed E-state index contributed by atoms with van der Waals surface area (Å²) in [7, 11) is 0. The molecule has 2 N–H and O–H groups in total. The number of amides is 1. The van der Waals surface area contributed by atoms with Gasteiger partial charge in [0.1, 0.15) is 5.60 Å². The van der Waals surface area contributed by atoms with Gasteiger partial charge in [0, 0.05) is 31.7 Å². The Morgan fingerprint density at radius 3 is 2.65 bits per heavy atom. The summed E-state index contributed by atoms with van der Waals surface area (Å²) in [5.74, 6) is 0.626. The van der Waals surface area contributed by atoms with Crippen LogP contribution in [-0.2, 0) is 9.47 Å². The first-order valence-corrected chi connectivity index (χ1v) is 7.67. The van der Waals surface area contributed by atoms with Crippen molar-refractivity contribution in [3.63, 3.8) is 0 Å². The van der Waals surface area contributed by atoms with E-state index in [9.17, 15) is 4.79 Å². The fourth-order valence-electron chi connectivity index (χ4n) is 3.28. The minimum absolute atomic E-state index is 0.167. The smallest absolute Gasteiger partial charge is 0.407 e. The molecule has 5 heteroatoms. The van der Waals surface area contributed by atoms with Crippen LogP contribution in [0.3, 0.4) is 0 Å². The molecule has 20 heavy (non-hydrogen) atoms. The lowest BCUT2D eigenvalue weighted by Crippen LogP contribution is -2.46. The summed E-state index contributed by atoms with van der Waals surface area (Å²) in [6, 6.07) is 0. The molecule has 0 saturated carbocycles. The van der Waals surface area contributed by atoms with E-state index in [1.807, 2.05) is 20.8 Å². The number of rotatable bonds is 3. The highest BCUT2D eigenvalue weighted by Crippen LogP contribution is 2.39. The molecule has 0 aromatic carbocycles. The molecule has 0 radical (unpaired) electrons. The first kappa shape index (κ1) is 15.6. The van der Waals surface area contributed by atoms with E-state index in [0.717, 1.165) is 45.6 Å². The maximum atomic E-state index is 11.9. The molecule has 2 aliphatic rings. The predicted molar refractivity (Wildman–Crippen MR) is 77.7 cm³/mol. The summed E-state index contributed by atoms with van der Waals surface area (Å²) in [6.45, 7) is 10.1. The Hall–Kier alpha value is -0.810. The van der Waals surface area contributed by atoms with Crippen molar-refractivity contribution in [3.8, 4) is 0 Å². The van der Waals surface area contributed by atoms with Crippen molar-refractivity contribution in [2.75, 3.05) is 32.8 Å². The Bertz CT molecular complexity index is 327. The summed E-state index contributed by atoms with van der Waals surface area (Å²) in [5.41, 5.74) is -0.273. The molecule has 2 rings (SSSR count). The van der Waals surface area contributed by atoms with Crippen molar-refractivity contribution in [1.82, 2.24) is 10.6 Å². The van der Waals surface area contributed by atoms with E-state index in [1.165, 1.54) is 0 Å². The molecule has 116 valence electrons. The van der Waals surface area contributed by atoms with Crippen molar-refractivity contribution in [2.24, 2.45) is 11.3 Å². The molecule has 0 aromatic rings.